The van der Waals surface area contributed by atoms with Crippen molar-refractivity contribution in [3.8, 4) is 22.3 Å². The van der Waals surface area contributed by atoms with Crippen LogP contribution in [0.5, 0.6) is 0 Å². The van der Waals surface area contributed by atoms with Crippen molar-refractivity contribution in [2.24, 2.45) is 0 Å². The smallest absolute Gasteiger partial charge is 0.0125 e. The van der Waals surface area contributed by atoms with Gasteiger partial charge in [-0.25, -0.2) is 0 Å². The van der Waals surface area contributed by atoms with Crippen molar-refractivity contribution in [1.82, 2.24) is 0 Å². The van der Waals surface area contributed by atoms with E-state index in [0.717, 1.165) is 0 Å². The molecule has 0 atom stereocenters. The molecule has 4 aromatic carbocycles. The van der Waals surface area contributed by atoms with Gasteiger partial charge in [0.15, 0.2) is 0 Å². The van der Waals surface area contributed by atoms with Gasteiger partial charge in [0.05, 0.1) is 0 Å². The molecule has 0 bridgehead atoms. The third-order valence-electron chi connectivity index (χ3n) is 6.00. The maximum atomic E-state index is 2.38. The number of hydrogen-bond acceptors (Lipinski definition) is 1. The fourth-order valence-corrected chi connectivity index (χ4v) is 5.19. The number of benzene rings is 4. The van der Waals surface area contributed by atoms with Gasteiger partial charge in [0, 0.05) is 9.79 Å². The summed E-state index contributed by atoms with van der Waals surface area (Å²) >= 11 is 1.86. The van der Waals surface area contributed by atoms with E-state index in [1.165, 1.54) is 43.2 Å². The normalized spacial score (nSPS) is 12.1. The quantitative estimate of drug-likeness (QED) is 0.298. The molecule has 0 saturated carbocycles. The molecule has 0 aliphatic heterocycles. The molecule has 0 nitrogen and oxygen atoms in total. The molecule has 0 aromatic heterocycles. The van der Waals surface area contributed by atoms with Crippen LogP contribution in [0, 0.1) is 0 Å². The lowest BCUT2D eigenvalue weighted by molar-refractivity contribution is 0.590. The molecular formula is C32H34S. The molecule has 0 heterocycles. The van der Waals surface area contributed by atoms with Gasteiger partial charge >= 0.3 is 0 Å². The minimum Gasteiger partial charge on any atom is -0.0901 e. The van der Waals surface area contributed by atoms with Crippen LogP contribution in [0.1, 0.15) is 52.7 Å². The largest absolute Gasteiger partial charge is 0.0901 e. The van der Waals surface area contributed by atoms with Gasteiger partial charge in [-0.3, -0.25) is 0 Å². The molecular weight excluding hydrogens is 416 g/mol. The van der Waals surface area contributed by atoms with Crippen LogP contribution in [0.15, 0.2) is 107 Å². The summed E-state index contributed by atoms with van der Waals surface area (Å²) in [6.45, 7) is 13.8. The summed E-state index contributed by atoms with van der Waals surface area (Å²) in [5.41, 5.74) is 8.10. The Bertz CT molecular complexity index is 1120. The minimum absolute atomic E-state index is 0.0650. The molecule has 0 spiro atoms. The molecule has 0 N–H and O–H groups in total. The van der Waals surface area contributed by atoms with Gasteiger partial charge in [0.1, 0.15) is 0 Å². The fraction of sp³-hybridized carbons (Fsp3) is 0.250. The average Bonchev–Trinajstić information content (AvgIpc) is 2.79. The van der Waals surface area contributed by atoms with Crippen LogP contribution < -0.4 is 0 Å². The Hall–Kier alpha value is -2.77. The number of hydrogen-bond donors (Lipinski definition) is 0. The first kappa shape index (κ1) is 23.4. The Labute approximate surface area is 204 Å². The maximum Gasteiger partial charge on any atom is 0.0125 e. The zero-order valence-electron chi connectivity index (χ0n) is 20.6. The van der Waals surface area contributed by atoms with Crippen LogP contribution in [-0.2, 0) is 10.8 Å². The van der Waals surface area contributed by atoms with E-state index in [0.29, 0.717) is 0 Å². The molecule has 168 valence electrons. The Kier molecular flexibility index (Phi) is 6.54. The zero-order chi connectivity index (χ0) is 23.6. The van der Waals surface area contributed by atoms with Gasteiger partial charge in [0.25, 0.3) is 0 Å². The van der Waals surface area contributed by atoms with Crippen molar-refractivity contribution in [3.63, 3.8) is 0 Å². The first-order valence-corrected chi connectivity index (χ1v) is 12.5. The van der Waals surface area contributed by atoms with E-state index in [4.69, 9.17) is 0 Å². The second-order valence-corrected chi connectivity index (χ2v) is 11.9. The topological polar surface area (TPSA) is 0 Å². The summed E-state index contributed by atoms with van der Waals surface area (Å²) in [5.74, 6) is 0. The molecule has 4 aromatic rings. The molecule has 0 radical (unpaired) electrons. The van der Waals surface area contributed by atoms with Crippen molar-refractivity contribution in [1.29, 1.82) is 0 Å². The SMILES string of the molecule is CC(C)(C)c1cc(Sc2ccc(-c3ccccc3)c(C(C)(C)C)c2)ccc1-c1ccccc1. The van der Waals surface area contributed by atoms with Crippen LogP contribution in [0.25, 0.3) is 22.3 Å². The molecule has 4 rings (SSSR count). The summed E-state index contributed by atoms with van der Waals surface area (Å²) < 4.78 is 0. The van der Waals surface area contributed by atoms with Gasteiger partial charge in [0.2, 0.25) is 0 Å². The second-order valence-electron chi connectivity index (χ2n) is 10.7. The van der Waals surface area contributed by atoms with Crippen molar-refractivity contribution in [2.75, 3.05) is 0 Å². The number of rotatable bonds is 4. The highest BCUT2D eigenvalue weighted by molar-refractivity contribution is 7.99. The highest BCUT2D eigenvalue weighted by atomic mass is 32.2. The van der Waals surface area contributed by atoms with Crippen LogP contribution >= 0.6 is 11.8 Å². The molecule has 1 heteroatoms. The molecule has 0 saturated heterocycles. The van der Waals surface area contributed by atoms with Crippen LogP contribution in [0.4, 0.5) is 0 Å². The van der Waals surface area contributed by atoms with E-state index in [1.54, 1.807) is 0 Å². The maximum absolute atomic E-state index is 2.38. The van der Waals surface area contributed by atoms with E-state index in [-0.39, 0.29) is 10.8 Å². The predicted molar refractivity (Wildman–Crippen MR) is 145 cm³/mol. The van der Waals surface area contributed by atoms with E-state index in [1.807, 2.05) is 11.8 Å². The summed E-state index contributed by atoms with van der Waals surface area (Å²) in [4.78, 5) is 2.57. The Morgan fingerprint density at radius 3 is 1.15 bits per heavy atom. The molecule has 0 aliphatic carbocycles. The van der Waals surface area contributed by atoms with Gasteiger partial charge in [-0.05, 0) is 68.5 Å². The lowest BCUT2D eigenvalue weighted by Crippen LogP contribution is -2.13. The first-order chi connectivity index (χ1) is 15.6. The minimum atomic E-state index is 0.0650. The Balaban J connectivity index is 1.73. The van der Waals surface area contributed by atoms with E-state index in [2.05, 4.69) is 139 Å². The van der Waals surface area contributed by atoms with Crippen LogP contribution in [0.3, 0.4) is 0 Å². The molecule has 33 heavy (non-hydrogen) atoms. The lowest BCUT2D eigenvalue weighted by Gasteiger charge is -2.25. The first-order valence-electron chi connectivity index (χ1n) is 11.7. The molecule has 0 fully saturated rings. The summed E-state index contributed by atoms with van der Waals surface area (Å²) in [7, 11) is 0. The van der Waals surface area contributed by atoms with Crippen molar-refractivity contribution < 1.29 is 0 Å². The highest BCUT2D eigenvalue weighted by Crippen LogP contribution is 2.40. The lowest BCUT2D eigenvalue weighted by atomic mass is 9.82. The van der Waals surface area contributed by atoms with Gasteiger partial charge in [-0.2, -0.15) is 0 Å². The predicted octanol–water partition coefficient (Wildman–Crippen LogP) is 9.77. The summed E-state index contributed by atoms with van der Waals surface area (Å²) in [6, 6.07) is 35.3. The van der Waals surface area contributed by atoms with Gasteiger partial charge < -0.3 is 0 Å². The van der Waals surface area contributed by atoms with Crippen LogP contribution in [-0.4, -0.2) is 0 Å². The van der Waals surface area contributed by atoms with Crippen LogP contribution in [0.2, 0.25) is 0 Å². The Morgan fingerprint density at radius 1 is 0.455 bits per heavy atom. The van der Waals surface area contributed by atoms with Gasteiger partial charge in [-0.15, -0.1) is 0 Å². The van der Waals surface area contributed by atoms with E-state index in [9.17, 15) is 0 Å². The van der Waals surface area contributed by atoms with E-state index >= 15 is 0 Å². The average molecular weight is 451 g/mol. The van der Waals surface area contributed by atoms with E-state index < -0.39 is 0 Å². The summed E-state index contributed by atoms with van der Waals surface area (Å²) in [6.07, 6.45) is 0. The second kappa shape index (κ2) is 9.23. The third kappa shape index (κ3) is 5.42. The van der Waals surface area contributed by atoms with Crippen molar-refractivity contribution >= 4 is 11.8 Å². The van der Waals surface area contributed by atoms with Gasteiger partial charge in [-0.1, -0.05) is 126 Å². The van der Waals surface area contributed by atoms with Crippen molar-refractivity contribution in [2.45, 2.75) is 62.2 Å². The van der Waals surface area contributed by atoms with Crippen molar-refractivity contribution in [3.05, 3.63) is 108 Å². The molecule has 0 aliphatic rings. The highest BCUT2D eigenvalue weighted by Gasteiger charge is 2.21. The standard InChI is InChI=1S/C32H34S/c1-31(2,3)29-21-25(17-19-27(29)23-13-9-7-10-14-23)33-26-18-20-28(24-15-11-8-12-16-24)30(22-26)32(4,5)6/h7-22H,1-6H3. The zero-order valence-corrected chi connectivity index (χ0v) is 21.5. The third-order valence-corrected chi connectivity index (χ3v) is 6.98. The molecule has 0 amide bonds. The molecule has 0 unspecified atom stereocenters. The summed E-state index contributed by atoms with van der Waals surface area (Å²) in [5, 5.41) is 0. The monoisotopic (exact) mass is 450 g/mol. The Morgan fingerprint density at radius 2 is 0.818 bits per heavy atom. The fourth-order valence-electron chi connectivity index (χ4n) is 4.29.